The highest BCUT2D eigenvalue weighted by atomic mass is 32.2. The number of nitrogens with one attached hydrogen (secondary N) is 1. The lowest BCUT2D eigenvalue weighted by Gasteiger charge is -2.23. The number of hydrogen-bond donors (Lipinski definition) is 2. The molecule has 10 nitrogen and oxygen atoms in total. The van der Waals surface area contributed by atoms with E-state index in [1.807, 2.05) is 0 Å². The molecule has 0 bridgehead atoms. The maximum absolute atomic E-state index is 12.8. The number of hydrogen-bond acceptors (Lipinski definition) is 8. The number of carbonyl (C=O) groups is 2. The van der Waals surface area contributed by atoms with Gasteiger partial charge in [0.1, 0.15) is 4.90 Å². The van der Waals surface area contributed by atoms with E-state index in [0.29, 0.717) is 17.2 Å². The van der Waals surface area contributed by atoms with E-state index in [9.17, 15) is 22.6 Å². The Morgan fingerprint density at radius 3 is 2.45 bits per heavy atom. The molecule has 2 N–H and O–H groups in total. The average Bonchev–Trinajstić information content (AvgIpc) is 3.00. The van der Waals surface area contributed by atoms with Crippen molar-refractivity contribution in [2.24, 2.45) is 0 Å². The van der Waals surface area contributed by atoms with Gasteiger partial charge < -0.3 is 14.2 Å². The van der Waals surface area contributed by atoms with E-state index >= 15 is 0 Å². The second kappa shape index (κ2) is 8.08. The highest BCUT2D eigenvalue weighted by Crippen LogP contribution is 2.33. The van der Waals surface area contributed by atoms with Crippen LogP contribution in [0.1, 0.15) is 22.8 Å². The molecule has 0 radical (unpaired) electrons. The summed E-state index contributed by atoms with van der Waals surface area (Å²) >= 11 is 0. The molecule has 3 rings (SSSR count). The van der Waals surface area contributed by atoms with Crippen molar-refractivity contribution in [3.63, 3.8) is 0 Å². The van der Waals surface area contributed by atoms with Crippen LogP contribution >= 0.6 is 0 Å². The number of rotatable bonds is 6. The van der Waals surface area contributed by atoms with Gasteiger partial charge >= 0.3 is 5.97 Å². The Bertz CT molecular complexity index is 1150. The van der Waals surface area contributed by atoms with Gasteiger partial charge in [0.2, 0.25) is 5.60 Å². The molecule has 1 fully saturated rings. The van der Waals surface area contributed by atoms with Crippen LogP contribution in [-0.2, 0) is 19.6 Å². The number of anilines is 1. The molecule has 11 heteroatoms. The number of ether oxygens (including phenoxy) is 3. The van der Waals surface area contributed by atoms with Crippen LogP contribution in [0.3, 0.4) is 0 Å². The van der Waals surface area contributed by atoms with E-state index < -0.39 is 32.5 Å². The topological polar surface area (TPSA) is 131 Å². The van der Waals surface area contributed by atoms with Gasteiger partial charge in [-0.1, -0.05) is 12.1 Å². The smallest absolute Gasteiger partial charge is 0.340 e. The molecule has 0 spiro atoms. The number of carbonyl (C=O) groups excluding carboxylic acids is 2. The van der Waals surface area contributed by atoms with Crippen LogP contribution in [0.25, 0.3) is 0 Å². The summed E-state index contributed by atoms with van der Waals surface area (Å²) in [4.78, 5) is 24.8. The summed E-state index contributed by atoms with van der Waals surface area (Å²) in [5, 5.41) is 1.47. The molecule has 1 aliphatic heterocycles. The summed E-state index contributed by atoms with van der Waals surface area (Å²) in [5.41, 5.74) is 1.36. The second-order valence-electron chi connectivity index (χ2n) is 7.11. The largest absolute Gasteiger partial charge is 0.493 e. The van der Waals surface area contributed by atoms with Crippen LogP contribution < -0.4 is 19.9 Å². The van der Waals surface area contributed by atoms with E-state index in [1.165, 1.54) is 51.3 Å². The zero-order chi connectivity index (χ0) is 23.0. The molecule has 2 aromatic carbocycles. The van der Waals surface area contributed by atoms with Gasteiger partial charge in [-0.25, -0.2) is 4.79 Å². The molecule has 1 amide bonds. The summed E-state index contributed by atoms with van der Waals surface area (Å²) < 4.78 is 48.9. The molecular weight excluding hydrogens is 428 g/mol. The number of aryl methyl sites for hydroxylation is 1. The Kier molecular flexibility index (Phi) is 5.83. The van der Waals surface area contributed by atoms with Crippen molar-refractivity contribution in [1.29, 1.82) is 0 Å². The fraction of sp³-hybridized carbons (Fsp3) is 0.300. The maximum Gasteiger partial charge on any atom is 0.340 e. The zero-order valence-electron chi connectivity index (χ0n) is 17.3. The third kappa shape index (κ3) is 4.28. The summed E-state index contributed by atoms with van der Waals surface area (Å²) in [7, 11) is -1.71. The van der Waals surface area contributed by atoms with Crippen LogP contribution in [0.15, 0.2) is 41.3 Å². The van der Waals surface area contributed by atoms with E-state index in [1.54, 1.807) is 18.2 Å². The van der Waals surface area contributed by atoms with Gasteiger partial charge in [0.05, 0.1) is 32.0 Å². The number of nitrogens with zero attached hydrogens (tertiary/aromatic N) is 1. The van der Waals surface area contributed by atoms with Gasteiger partial charge in [0.15, 0.2) is 11.5 Å². The highest BCUT2D eigenvalue weighted by molar-refractivity contribution is 7.86. The average molecular weight is 450 g/mol. The molecule has 1 aliphatic rings. The number of esters is 1. The molecule has 31 heavy (non-hydrogen) atoms. The zero-order valence-corrected chi connectivity index (χ0v) is 18.1. The summed E-state index contributed by atoms with van der Waals surface area (Å²) in [6.07, 6.45) is 0. The van der Waals surface area contributed by atoms with Crippen molar-refractivity contribution in [2.45, 2.75) is 24.3 Å². The molecule has 0 saturated carbocycles. The first-order chi connectivity index (χ1) is 14.5. The van der Waals surface area contributed by atoms with E-state index in [0.717, 1.165) is 0 Å². The maximum atomic E-state index is 12.8. The van der Waals surface area contributed by atoms with E-state index in [-0.39, 0.29) is 17.7 Å². The van der Waals surface area contributed by atoms with Crippen molar-refractivity contribution < 1.29 is 36.8 Å². The van der Waals surface area contributed by atoms with Crippen LogP contribution in [-0.4, -0.2) is 51.2 Å². The Morgan fingerprint density at radius 1 is 1.16 bits per heavy atom. The van der Waals surface area contributed by atoms with Gasteiger partial charge in [-0.3, -0.25) is 19.8 Å². The van der Waals surface area contributed by atoms with Crippen molar-refractivity contribution >= 4 is 27.7 Å². The summed E-state index contributed by atoms with van der Waals surface area (Å²) in [6, 6.07) is 9.08. The van der Waals surface area contributed by atoms with Crippen LogP contribution in [0.4, 0.5) is 5.69 Å². The standard InChI is InChI=1S/C20H22N2O8S/c1-12-6-5-7-14(17(12)31(25,26)27)18(23)30-20(2)11-22(21-19(20)24)13-8-9-15(28-3)16(10-13)29-4/h5-10H,11H2,1-4H3,(H,21,24)(H,25,26,27). The quantitative estimate of drug-likeness (QED) is 0.499. The second-order valence-corrected chi connectivity index (χ2v) is 8.47. The van der Waals surface area contributed by atoms with E-state index in [2.05, 4.69) is 5.43 Å². The lowest BCUT2D eigenvalue weighted by atomic mass is 10.1. The summed E-state index contributed by atoms with van der Waals surface area (Å²) in [6.45, 7) is 2.78. The molecule has 166 valence electrons. The third-order valence-electron chi connectivity index (χ3n) is 4.86. The Balaban J connectivity index is 1.88. The van der Waals surface area contributed by atoms with Gasteiger partial charge in [-0.2, -0.15) is 8.42 Å². The lowest BCUT2D eigenvalue weighted by molar-refractivity contribution is -0.133. The number of amides is 1. The number of hydrazine groups is 1. The van der Waals surface area contributed by atoms with Crippen LogP contribution in [0.5, 0.6) is 11.5 Å². The fourth-order valence-corrected chi connectivity index (χ4v) is 4.20. The van der Waals surface area contributed by atoms with Gasteiger partial charge in [0, 0.05) is 6.07 Å². The third-order valence-corrected chi connectivity index (χ3v) is 5.92. The highest BCUT2D eigenvalue weighted by Gasteiger charge is 2.47. The predicted molar refractivity (Wildman–Crippen MR) is 110 cm³/mol. The minimum Gasteiger partial charge on any atom is -0.493 e. The molecular formula is C20H22N2O8S. The van der Waals surface area contributed by atoms with E-state index in [4.69, 9.17) is 14.2 Å². The summed E-state index contributed by atoms with van der Waals surface area (Å²) in [5.74, 6) is -0.708. The van der Waals surface area contributed by atoms with Crippen LogP contribution in [0, 0.1) is 6.92 Å². The minimum atomic E-state index is -4.68. The van der Waals surface area contributed by atoms with Crippen molar-refractivity contribution in [2.75, 3.05) is 25.8 Å². The number of benzene rings is 2. The fourth-order valence-electron chi connectivity index (χ4n) is 3.30. The van der Waals surface area contributed by atoms with Crippen LogP contribution in [0.2, 0.25) is 0 Å². The first-order valence-corrected chi connectivity index (χ1v) is 10.6. The van der Waals surface area contributed by atoms with Crippen molar-refractivity contribution in [3.05, 3.63) is 47.5 Å². The monoisotopic (exact) mass is 450 g/mol. The predicted octanol–water partition coefficient (Wildman–Crippen LogP) is 1.73. The Labute approximate surface area is 179 Å². The normalized spacial score (nSPS) is 18.5. The van der Waals surface area contributed by atoms with Gasteiger partial charge in [0.25, 0.3) is 16.0 Å². The molecule has 1 heterocycles. The Morgan fingerprint density at radius 2 is 1.84 bits per heavy atom. The molecule has 2 aromatic rings. The molecule has 1 saturated heterocycles. The minimum absolute atomic E-state index is 0.0555. The molecule has 0 aromatic heterocycles. The first kappa shape index (κ1) is 22.4. The van der Waals surface area contributed by atoms with Crippen molar-refractivity contribution in [1.82, 2.24) is 5.43 Å². The SMILES string of the molecule is COc1ccc(N2CC(C)(OC(=O)c3cccc(C)c3S(=O)(=O)O)C(=O)N2)cc1OC. The van der Waals surface area contributed by atoms with Gasteiger partial charge in [-0.15, -0.1) is 0 Å². The lowest BCUT2D eigenvalue weighted by Crippen LogP contribution is -2.41. The molecule has 1 atom stereocenters. The first-order valence-electron chi connectivity index (χ1n) is 9.11. The van der Waals surface area contributed by atoms with Gasteiger partial charge in [-0.05, 0) is 37.6 Å². The molecule has 1 unspecified atom stereocenters. The van der Waals surface area contributed by atoms with Crippen molar-refractivity contribution in [3.8, 4) is 11.5 Å². The Hall–Kier alpha value is -3.31. The number of methoxy groups -OCH3 is 2. The molecule has 0 aliphatic carbocycles.